The van der Waals surface area contributed by atoms with Crippen LogP contribution in [0.2, 0.25) is 0 Å². The minimum absolute atomic E-state index is 0.120. The highest BCUT2D eigenvalue weighted by Gasteiger charge is 2.24. The van der Waals surface area contributed by atoms with Gasteiger partial charge >= 0.3 is 0 Å². The summed E-state index contributed by atoms with van der Waals surface area (Å²) in [5.74, 6) is 1.43. The van der Waals surface area contributed by atoms with Crippen molar-refractivity contribution in [3.8, 4) is 11.6 Å². The Labute approximate surface area is 96.0 Å². The minimum Gasteiger partial charge on any atom is -0.489 e. The summed E-state index contributed by atoms with van der Waals surface area (Å²) in [5.41, 5.74) is 0.867. The number of ether oxygens (including phenoxy) is 2. The van der Waals surface area contributed by atoms with E-state index in [0.29, 0.717) is 12.0 Å². The van der Waals surface area contributed by atoms with Gasteiger partial charge in [0.25, 0.3) is 0 Å². The first-order chi connectivity index (χ1) is 7.69. The Kier molecular flexibility index (Phi) is 3.17. The highest BCUT2D eigenvalue weighted by molar-refractivity contribution is 5.55. The monoisotopic (exact) mass is 222 g/mol. The average Bonchev–Trinajstić information content (AvgIpc) is 3.03. The molecule has 1 saturated carbocycles. The smallest absolute Gasteiger partial charge is 0.237 e. The quantitative estimate of drug-likeness (QED) is 0.831. The number of pyridine rings is 1. The van der Waals surface area contributed by atoms with Gasteiger partial charge in [-0.05, 0) is 26.7 Å². The highest BCUT2D eigenvalue weighted by atomic mass is 16.5. The van der Waals surface area contributed by atoms with E-state index in [1.54, 1.807) is 6.20 Å². The Morgan fingerprint density at radius 3 is 2.75 bits per heavy atom. The van der Waals surface area contributed by atoms with Crippen molar-refractivity contribution in [2.75, 3.05) is 12.4 Å². The zero-order chi connectivity index (χ0) is 11.5. The maximum absolute atomic E-state index is 5.67. The second-order valence-electron chi connectivity index (χ2n) is 4.26. The van der Waals surface area contributed by atoms with Crippen molar-refractivity contribution in [1.82, 2.24) is 4.98 Å². The van der Waals surface area contributed by atoms with Crippen molar-refractivity contribution in [2.45, 2.75) is 38.9 Å². The summed E-state index contributed by atoms with van der Waals surface area (Å²) in [6.45, 7) is 3.96. The number of nitrogens with one attached hydrogen (secondary N) is 1. The van der Waals surface area contributed by atoms with Gasteiger partial charge in [0.2, 0.25) is 5.88 Å². The normalized spacial score (nSPS) is 15.0. The van der Waals surface area contributed by atoms with Crippen molar-refractivity contribution < 1.29 is 9.47 Å². The lowest BCUT2D eigenvalue weighted by Crippen LogP contribution is -2.09. The molecule has 4 heteroatoms. The Bertz CT molecular complexity index is 362. The van der Waals surface area contributed by atoms with Gasteiger partial charge in [-0.3, -0.25) is 0 Å². The van der Waals surface area contributed by atoms with Crippen molar-refractivity contribution in [3.05, 3.63) is 12.3 Å². The van der Waals surface area contributed by atoms with Crippen LogP contribution in [0.25, 0.3) is 0 Å². The first-order valence-corrected chi connectivity index (χ1v) is 5.70. The number of nitrogens with zero attached hydrogens (tertiary/aromatic N) is 1. The van der Waals surface area contributed by atoms with Crippen LogP contribution in [0.5, 0.6) is 11.6 Å². The summed E-state index contributed by atoms with van der Waals surface area (Å²) >= 11 is 0. The van der Waals surface area contributed by atoms with Gasteiger partial charge in [0.1, 0.15) is 11.4 Å². The molecule has 88 valence electrons. The van der Waals surface area contributed by atoms with Crippen molar-refractivity contribution in [1.29, 1.82) is 0 Å². The van der Waals surface area contributed by atoms with Crippen LogP contribution >= 0.6 is 0 Å². The third kappa shape index (κ3) is 2.78. The fourth-order valence-corrected chi connectivity index (χ4v) is 1.37. The maximum atomic E-state index is 5.67. The van der Waals surface area contributed by atoms with Crippen molar-refractivity contribution in [3.63, 3.8) is 0 Å². The van der Waals surface area contributed by atoms with Gasteiger partial charge in [0.15, 0.2) is 0 Å². The first kappa shape index (κ1) is 11.0. The maximum Gasteiger partial charge on any atom is 0.237 e. The predicted molar refractivity (Wildman–Crippen MR) is 63.2 cm³/mol. The third-order valence-electron chi connectivity index (χ3n) is 2.27. The summed E-state index contributed by atoms with van der Waals surface area (Å²) in [7, 11) is 1.85. The molecule has 1 N–H and O–H groups in total. The van der Waals surface area contributed by atoms with E-state index < -0.39 is 0 Å². The van der Waals surface area contributed by atoms with Gasteiger partial charge in [-0.2, -0.15) is 0 Å². The Morgan fingerprint density at radius 1 is 1.44 bits per heavy atom. The SMILES string of the molecule is CNc1cc(OC2CC2)cnc1OC(C)C. The van der Waals surface area contributed by atoms with Gasteiger partial charge in [-0.15, -0.1) is 0 Å². The summed E-state index contributed by atoms with van der Waals surface area (Å²) < 4.78 is 11.3. The number of hydrogen-bond acceptors (Lipinski definition) is 4. The van der Waals surface area contributed by atoms with Gasteiger partial charge in [0, 0.05) is 13.1 Å². The number of rotatable bonds is 5. The van der Waals surface area contributed by atoms with E-state index in [9.17, 15) is 0 Å². The standard InChI is InChI=1S/C12H18N2O2/c1-8(2)15-12-11(13-3)6-10(7-14-12)16-9-4-5-9/h6-9,13H,4-5H2,1-3H3. The Morgan fingerprint density at radius 2 is 2.19 bits per heavy atom. The van der Waals surface area contributed by atoms with Gasteiger partial charge in [-0.25, -0.2) is 4.98 Å². The largest absolute Gasteiger partial charge is 0.489 e. The van der Waals surface area contributed by atoms with Gasteiger partial charge in [-0.1, -0.05) is 0 Å². The average molecular weight is 222 g/mol. The topological polar surface area (TPSA) is 43.4 Å². The molecule has 0 aromatic carbocycles. The van der Waals surface area contributed by atoms with E-state index in [-0.39, 0.29) is 6.10 Å². The fraction of sp³-hybridized carbons (Fsp3) is 0.583. The highest BCUT2D eigenvalue weighted by Crippen LogP contribution is 2.31. The van der Waals surface area contributed by atoms with Crippen LogP contribution in [-0.4, -0.2) is 24.2 Å². The number of hydrogen-bond donors (Lipinski definition) is 1. The summed E-state index contributed by atoms with van der Waals surface area (Å²) in [4.78, 5) is 4.26. The van der Waals surface area contributed by atoms with Crippen LogP contribution in [0.1, 0.15) is 26.7 Å². The molecular weight excluding hydrogens is 204 g/mol. The molecule has 0 atom stereocenters. The van der Waals surface area contributed by atoms with Crippen LogP contribution in [0.4, 0.5) is 5.69 Å². The molecule has 0 radical (unpaired) electrons. The van der Waals surface area contributed by atoms with E-state index in [4.69, 9.17) is 9.47 Å². The molecule has 1 heterocycles. The minimum atomic E-state index is 0.120. The molecule has 0 unspecified atom stereocenters. The van der Waals surface area contributed by atoms with Gasteiger partial charge < -0.3 is 14.8 Å². The zero-order valence-corrected chi connectivity index (χ0v) is 9.99. The van der Waals surface area contributed by atoms with Gasteiger partial charge in [0.05, 0.1) is 18.4 Å². The second kappa shape index (κ2) is 4.60. The lowest BCUT2D eigenvalue weighted by Gasteiger charge is -2.14. The number of anilines is 1. The molecule has 16 heavy (non-hydrogen) atoms. The molecular formula is C12H18N2O2. The third-order valence-corrected chi connectivity index (χ3v) is 2.27. The molecule has 1 aliphatic carbocycles. The fourth-order valence-electron chi connectivity index (χ4n) is 1.37. The molecule has 1 aliphatic rings. The lowest BCUT2D eigenvalue weighted by molar-refractivity contribution is 0.232. The molecule has 4 nitrogen and oxygen atoms in total. The van der Waals surface area contributed by atoms with E-state index in [0.717, 1.165) is 24.3 Å². The van der Waals surface area contributed by atoms with Crippen LogP contribution in [0, 0.1) is 0 Å². The van der Waals surface area contributed by atoms with Crippen molar-refractivity contribution >= 4 is 5.69 Å². The first-order valence-electron chi connectivity index (χ1n) is 5.70. The molecule has 1 fully saturated rings. The molecule has 0 aliphatic heterocycles. The summed E-state index contributed by atoms with van der Waals surface area (Å²) in [6.07, 6.45) is 4.54. The molecule has 0 amide bonds. The summed E-state index contributed by atoms with van der Waals surface area (Å²) in [6, 6.07) is 1.93. The number of aromatic nitrogens is 1. The Hall–Kier alpha value is -1.45. The predicted octanol–water partition coefficient (Wildman–Crippen LogP) is 2.45. The molecule has 2 rings (SSSR count). The van der Waals surface area contributed by atoms with Crippen LogP contribution in [0.15, 0.2) is 12.3 Å². The molecule has 0 bridgehead atoms. The van der Waals surface area contributed by atoms with E-state index in [1.165, 1.54) is 0 Å². The van der Waals surface area contributed by atoms with E-state index in [1.807, 2.05) is 27.0 Å². The van der Waals surface area contributed by atoms with Crippen LogP contribution in [0.3, 0.4) is 0 Å². The molecule has 1 aromatic heterocycles. The zero-order valence-electron chi connectivity index (χ0n) is 9.99. The molecule has 0 saturated heterocycles. The van der Waals surface area contributed by atoms with Crippen LogP contribution < -0.4 is 14.8 Å². The Balaban J connectivity index is 2.12. The van der Waals surface area contributed by atoms with E-state index in [2.05, 4.69) is 10.3 Å². The van der Waals surface area contributed by atoms with Crippen molar-refractivity contribution in [2.24, 2.45) is 0 Å². The second-order valence-corrected chi connectivity index (χ2v) is 4.26. The lowest BCUT2D eigenvalue weighted by atomic mass is 10.3. The van der Waals surface area contributed by atoms with Crippen LogP contribution in [-0.2, 0) is 0 Å². The molecule has 1 aromatic rings. The summed E-state index contributed by atoms with van der Waals surface area (Å²) in [5, 5.41) is 3.07. The molecule has 0 spiro atoms. The van der Waals surface area contributed by atoms with E-state index >= 15 is 0 Å².